The molecule has 1 aliphatic rings. The average molecular weight is 336 g/mol. The summed E-state index contributed by atoms with van der Waals surface area (Å²) >= 11 is 0. The van der Waals surface area contributed by atoms with Gasteiger partial charge in [-0.1, -0.05) is 24.3 Å². The fourth-order valence-corrected chi connectivity index (χ4v) is 3.90. The van der Waals surface area contributed by atoms with Crippen LogP contribution in [0.1, 0.15) is 29.7 Å². The maximum atomic E-state index is 5.65. The SMILES string of the molecule is Cc1cc2c(NCC3(c4ccccc4C)CCOCC3)nccn2n1. The summed E-state index contributed by atoms with van der Waals surface area (Å²) in [5, 5.41) is 8.08. The van der Waals surface area contributed by atoms with E-state index in [2.05, 4.69) is 52.7 Å². The molecule has 0 saturated carbocycles. The zero-order chi connectivity index (χ0) is 17.3. The number of aromatic nitrogens is 3. The third-order valence-corrected chi connectivity index (χ3v) is 5.27. The van der Waals surface area contributed by atoms with Crippen LogP contribution in [0.5, 0.6) is 0 Å². The molecule has 1 aliphatic heterocycles. The molecule has 25 heavy (non-hydrogen) atoms. The first-order chi connectivity index (χ1) is 12.2. The number of hydrogen-bond acceptors (Lipinski definition) is 4. The van der Waals surface area contributed by atoms with E-state index in [0.717, 1.165) is 49.6 Å². The van der Waals surface area contributed by atoms with E-state index >= 15 is 0 Å². The fraction of sp³-hybridized carbons (Fsp3) is 0.400. The minimum atomic E-state index is 0.0766. The predicted octanol–water partition coefficient (Wildman–Crippen LogP) is 3.51. The van der Waals surface area contributed by atoms with Crippen molar-refractivity contribution < 1.29 is 4.74 Å². The van der Waals surface area contributed by atoms with Crippen LogP contribution in [0.3, 0.4) is 0 Å². The second-order valence-electron chi connectivity index (χ2n) is 6.95. The lowest BCUT2D eigenvalue weighted by molar-refractivity contribution is 0.0542. The minimum absolute atomic E-state index is 0.0766. The molecule has 5 heteroatoms. The number of rotatable bonds is 4. The van der Waals surface area contributed by atoms with E-state index in [-0.39, 0.29) is 5.41 Å². The predicted molar refractivity (Wildman–Crippen MR) is 99.1 cm³/mol. The number of nitrogens with one attached hydrogen (secondary N) is 1. The van der Waals surface area contributed by atoms with Crippen molar-refractivity contribution in [2.75, 3.05) is 25.1 Å². The molecule has 5 nitrogen and oxygen atoms in total. The lowest BCUT2D eigenvalue weighted by Crippen LogP contribution is -2.40. The van der Waals surface area contributed by atoms with Crippen molar-refractivity contribution >= 4 is 11.3 Å². The van der Waals surface area contributed by atoms with Crippen molar-refractivity contribution in [3.8, 4) is 0 Å². The first-order valence-corrected chi connectivity index (χ1v) is 8.87. The van der Waals surface area contributed by atoms with Gasteiger partial charge in [0.1, 0.15) is 5.52 Å². The maximum absolute atomic E-state index is 5.65. The highest BCUT2D eigenvalue weighted by Crippen LogP contribution is 2.37. The highest BCUT2D eigenvalue weighted by molar-refractivity contribution is 5.67. The molecule has 0 aliphatic carbocycles. The summed E-state index contributed by atoms with van der Waals surface area (Å²) in [6.45, 7) is 6.66. The standard InChI is InChI=1S/C20H24N4O/c1-15-5-3-4-6-17(15)20(7-11-25-12-8-20)14-22-19-18-13-16(2)23-24(18)10-9-21-19/h3-6,9-10,13H,7-8,11-12,14H2,1-2H3,(H,21,22). The number of anilines is 1. The minimum Gasteiger partial charge on any atom is -0.381 e. The number of fused-ring (bicyclic) bond motifs is 1. The Balaban J connectivity index is 1.66. The number of aryl methyl sites for hydroxylation is 2. The van der Waals surface area contributed by atoms with Crippen LogP contribution in [-0.2, 0) is 10.2 Å². The number of nitrogens with zero attached hydrogens (tertiary/aromatic N) is 3. The monoisotopic (exact) mass is 336 g/mol. The molecule has 3 aromatic rings. The van der Waals surface area contributed by atoms with Crippen molar-refractivity contribution in [3.05, 3.63) is 59.5 Å². The molecule has 0 radical (unpaired) electrons. The van der Waals surface area contributed by atoms with E-state index in [1.165, 1.54) is 11.1 Å². The van der Waals surface area contributed by atoms with Gasteiger partial charge < -0.3 is 10.1 Å². The molecule has 0 spiro atoms. The van der Waals surface area contributed by atoms with Crippen LogP contribution < -0.4 is 5.32 Å². The van der Waals surface area contributed by atoms with Gasteiger partial charge in [-0.2, -0.15) is 5.10 Å². The van der Waals surface area contributed by atoms with Gasteiger partial charge in [0, 0.05) is 37.6 Å². The van der Waals surface area contributed by atoms with Crippen LogP contribution in [0, 0.1) is 13.8 Å². The van der Waals surface area contributed by atoms with Crippen LogP contribution in [-0.4, -0.2) is 34.4 Å². The Morgan fingerprint density at radius 1 is 1.20 bits per heavy atom. The summed E-state index contributed by atoms with van der Waals surface area (Å²) < 4.78 is 7.54. The van der Waals surface area contributed by atoms with Gasteiger partial charge in [0.2, 0.25) is 0 Å². The Labute approximate surface area is 148 Å². The summed E-state index contributed by atoms with van der Waals surface area (Å²) in [6, 6.07) is 10.8. The summed E-state index contributed by atoms with van der Waals surface area (Å²) in [6.07, 6.45) is 5.73. The molecule has 4 rings (SSSR count). The number of ether oxygens (including phenoxy) is 1. The van der Waals surface area contributed by atoms with E-state index in [0.29, 0.717) is 0 Å². The lowest BCUT2D eigenvalue weighted by atomic mass is 9.72. The van der Waals surface area contributed by atoms with Crippen LogP contribution in [0.15, 0.2) is 42.7 Å². The maximum Gasteiger partial charge on any atom is 0.152 e. The van der Waals surface area contributed by atoms with Gasteiger partial charge in [-0.05, 0) is 43.9 Å². The van der Waals surface area contributed by atoms with Gasteiger partial charge >= 0.3 is 0 Å². The normalized spacial score (nSPS) is 16.9. The van der Waals surface area contributed by atoms with Gasteiger partial charge in [0.05, 0.1) is 5.69 Å². The molecule has 1 aromatic carbocycles. The van der Waals surface area contributed by atoms with Crippen LogP contribution in [0.25, 0.3) is 5.52 Å². The molecule has 130 valence electrons. The molecule has 3 heterocycles. The van der Waals surface area contributed by atoms with Gasteiger partial charge in [0.25, 0.3) is 0 Å². The summed E-state index contributed by atoms with van der Waals surface area (Å²) in [5.41, 5.74) is 4.86. The van der Waals surface area contributed by atoms with Gasteiger partial charge in [-0.15, -0.1) is 0 Å². The number of benzene rings is 1. The van der Waals surface area contributed by atoms with E-state index in [1.807, 2.05) is 17.6 Å². The molecular formula is C20H24N4O. The molecule has 0 bridgehead atoms. The average Bonchev–Trinajstić information content (AvgIpc) is 3.02. The van der Waals surface area contributed by atoms with Gasteiger partial charge in [-0.25, -0.2) is 9.50 Å². The Morgan fingerprint density at radius 2 is 2.00 bits per heavy atom. The first-order valence-electron chi connectivity index (χ1n) is 8.87. The zero-order valence-corrected chi connectivity index (χ0v) is 14.8. The Morgan fingerprint density at radius 3 is 2.80 bits per heavy atom. The molecule has 0 amide bonds. The fourth-order valence-electron chi connectivity index (χ4n) is 3.90. The van der Waals surface area contributed by atoms with E-state index in [4.69, 9.17) is 4.74 Å². The summed E-state index contributed by atoms with van der Waals surface area (Å²) in [7, 11) is 0. The third-order valence-electron chi connectivity index (χ3n) is 5.27. The van der Waals surface area contributed by atoms with Crippen molar-refractivity contribution in [2.24, 2.45) is 0 Å². The van der Waals surface area contributed by atoms with Crippen LogP contribution in [0.2, 0.25) is 0 Å². The Kier molecular flexibility index (Phi) is 4.17. The smallest absolute Gasteiger partial charge is 0.152 e. The van der Waals surface area contributed by atoms with E-state index in [1.54, 1.807) is 6.20 Å². The third kappa shape index (κ3) is 3.00. The van der Waals surface area contributed by atoms with Gasteiger partial charge in [-0.3, -0.25) is 0 Å². The van der Waals surface area contributed by atoms with Crippen molar-refractivity contribution in [2.45, 2.75) is 32.1 Å². The second-order valence-corrected chi connectivity index (χ2v) is 6.95. The largest absolute Gasteiger partial charge is 0.381 e. The quantitative estimate of drug-likeness (QED) is 0.792. The van der Waals surface area contributed by atoms with Crippen molar-refractivity contribution in [1.29, 1.82) is 0 Å². The summed E-state index contributed by atoms with van der Waals surface area (Å²) in [5.74, 6) is 0.891. The highest BCUT2D eigenvalue weighted by atomic mass is 16.5. The van der Waals surface area contributed by atoms with Crippen LogP contribution in [0.4, 0.5) is 5.82 Å². The van der Waals surface area contributed by atoms with Crippen LogP contribution >= 0.6 is 0 Å². The van der Waals surface area contributed by atoms with E-state index in [9.17, 15) is 0 Å². The second kappa shape index (κ2) is 6.48. The zero-order valence-electron chi connectivity index (χ0n) is 14.8. The molecule has 2 aromatic heterocycles. The van der Waals surface area contributed by atoms with Crippen molar-refractivity contribution in [3.63, 3.8) is 0 Å². The van der Waals surface area contributed by atoms with E-state index < -0.39 is 0 Å². The highest BCUT2D eigenvalue weighted by Gasteiger charge is 2.35. The van der Waals surface area contributed by atoms with Gasteiger partial charge in [0.15, 0.2) is 5.82 Å². The van der Waals surface area contributed by atoms with Crippen molar-refractivity contribution in [1.82, 2.24) is 14.6 Å². The molecule has 0 atom stereocenters. The molecule has 0 unspecified atom stereocenters. The molecular weight excluding hydrogens is 312 g/mol. The summed E-state index contributed by atoms with van der Waals surface area (Å²) in [4.78, 5) is 4.55. The molecule has 1 fully saturated rings. The number of hydrogen-bond donors (Lipinski definition) is 1. The Hall–Kier alpha value is -2.40. The molecule has 1 N–H and O–H groups in total. The lowest BCUT2D eigenvalue weighted by Gasteiger charge is -2.39. The first kappa shape index (κ1) is 16.1. The molecule has 1 saturated heterocycles. The topological polar surface area (TPSA) is 51.5 Å². The Bertz CT molecular complexity index is 880.